The molecule has 62 heavy (non-hydrogen) atoms. The third kappa shape index (κ3) is 14.8. The van der Waals surface area contributed by atoms with Gasteiger partial charge >= 0.3 is 120 Å². The number of nitrogens with zero attached hydrogens (tertiary/aromatic N) is 8. The van der Waals surface area contributed by atoms with Gasteiger partial charge in [0.2, 0.25) is 0 Å². The predicted octanol–water partition coefficient (Wildman–Crippen LogP) is 13.0. The van der Waals surface area contributed by atoms with Crippen molar-refractivity contribution in [2.75, 3.05) is 6.61 Å². The molecule has 0 amide bonds. The van der Waals surface area contributed by atoms with Gasteiger partial charge in [-0.25, -0.2) is 8.78 Å². The average molecular weight is 1110 g/mol. The molecular formula is C46H61F2IN8O2S2Sn. The van der Waals surface area contributed by atoms with Gasteiger partial charge in [-0.15, -0.1) is 10.2 Å². The number of carbonyl (C=O) groups is 1. The number of aryl methyl sites for hydroxylation is 2. The Hall–Kier alpha value is -3.42. The van der Waals surface area contributed by atoms with Crippen LogP contribution in [-0.4, -0.2) is 69.5 Å². The van der Waals surface area contributed by atoms with Crippen LogP contribution in [0.1, 0.15) is 120 Å². The topological polar surface area (TPSA) is 114 Å². The van der Waals surface area contributed by atoms with Crippen molar-refractivity contribution < 1.29 is 18.3 Å². The summed E-state index contributed by atoms with van der Waals surface area (Å²) in [5.41, 5.74) is 7.33. The molecule has 0 saturated heterocycles. The molecule has 0 radical (unpaired) electrons. The second-order valence-electron chi connectivity index (χ2n) is 15.2. The maximum absolute atomic E-state index is 13.4. The fourth-order valence-corrected chi connectivity index (χ4v) is 23.9. The number of carbonyl (C=O) groups excluding carboxylic acids is 1. The zero-order valence-corrected chi connectivity index (χ0v) is 43.9. The summed E-state index contributed by atoms with van der Waals surface area (Å²) in [6.07, 6.45) is 13.2. The molecule has 0 unspecified atom stereocenters. The number of ether oxygens (including phenoxy) is 1. The van der Waals surface area contributed by atoms with Gasteiger partial charge in [0.05, 0.1) is 22.8 Å². The molecular weight excluding hydrogens is 1040 g/mol. The SMILES string of the molecule is C=[C](OCC)[Sn]([CH2]CCC)([CH2]CCC)[CH2]CCC.CCn1cc(Cc2csnc2-c2ccc(F)cc2C(C)=O)nn1.CCn1cc(Cc2csnc2-c2ccc(F)cc2I)nn1. The number of unbranched alkanes of at least 4 members (excludes halogenated alkanes) is 3. The number of Topliss-reactive ketones (excluding diaryl/α,β-unsaturated/α-hetero) is 1. The Balaban J connectivity index is 0.000000206. The van der Waals surface area contributed by atoms with Crippen LogP contribution in [0.4, 0.5) is 8.78 Å². The summed E-state index contributed by atoms with van der Waals surface area (Å²) in [6.45, 7) is 21.2. The van der Waals surface area contributed by atoms with Gasteiger partial charge in [-0.1, -0.05) is 10.4 Å². The molecule has 0 spiro atoms. The first kappa shape index (κ1) is 51.2. The van der Waals surface area contributed by atoms with Crippen molar-refractivity contribution in [2.45, 2.75) is 126 Å². The first-order valence-corrected chi connectivity index (χ1v) is 31.9. The van der Waals surface area contributed by atoms with Crippen LogP contribution >= 0.6 is 45.7 Å². The van der Waals surface area contributed by atoms with Crippen LogP contribution in [0.2, 0.25) is 13.3 Å². The predicted molar refractivity (Wildman–Crippen MR) is 260 cm³/mol. The molecule has 0 aliphatic heterocycles. The molecule has 6 aromatic rings. The summed E-state index contributed by atoms with van der Waals surface area (Å²) in [5.74, 6) is -0.845. The van der Waals surface area contributed by atoms with Crippen molar-refractivity contribution in [2.24, 2.45) is 0 Å². The summed E-state index contributed by atoms with van der Waals surface area (Å²) in [7, 11) is 0. The number of ketones is 1. The second-order valence-corrected chi connectivity index (χ2v) is 30.8. The van der Waals surface area contributed by atoms with Gasteiger partial charge in [0.1, 0.15) is 11.6 Å². The summed E-state index contributed by atoms with van der Waals surface area (Å²) < 4.78 is 51.5. The van der Waals surface area contributed by atoms with E-state index in [1.54, 1.807) is 21.5 Å². The molecule has 334 valence electrons. The van der Waals surface area contributed by atoms with Crippen LogP contribution in [-0.2, 0) is 30.7 Å². The van der Waals surface area contributed by atoms with Gasteiger partial charge in [0.25, 0.3) is 0 Å². The zero-order valence-electron chi connectivity index (χ0n) is 37.2. The molecule has 10 nitrogen and oxygen atoms in total. The summed E-state index contributed by atoms with van der Waals surface area (Å²) in [6, 6.07) is 8.97. The largest absolute Gasteiger partial charge is 0.294 e. The molecule has 2 aromatic carbocycles. The van der Waals surface area contributed by atoms with Crippen LogP contribution < -0.4 is 0 Å². The summed E-state index contributed by atoms with van der Waals surface area (Å²) in [4.78, 5) is 11.8. The van der Waals surface area contributed by atoms with Gasteiger partial charge in [-0.05, 0) is 114 Å². The van der Waals surface area contributed by atoms with E-state index < -0.39 is 24.2 Å². The monoisotopic (exact) mass is 1110 g/mol. The van der Waals surface area contributed by atoms with E-state index in [-0.39, 0.29) is 11.6 Å². The summed E-state index contributed by atoms with van der Waals surface area (Å²) >= 11 is 2.61. The standard InChI is InChI=1S/C16H15FN4OS.C14H12FIN4S.C4H7O.3C4H9.Sn/c1-3-21-8-13(18-20-21)6-11-9-23-19-16(11)14-5-4-12(17)7-15(14)10(2)22;1-2-20-7-11(17-19-20)5-9-8-21-18-14(9)12-4-3-10(15)6-13(12)16;1-3-5-4-2;3*1-3-4-2;/h4-5,7-9H,3,6H2,1-2H3;3-4,6-8H,2,5H2,1H3;1,4H2,2H3;3*1,3-4H2,2H3;. The Kier molecular flexibility index (Phi) is 21.8. The summed E-state index contributed by atoms with van der Waals surface area (Å²) in [5, 5.41) is 20.3. The van der Waals surface area contributed by atoms with E-state index in [9.17, 15) is 13.6 Å². The van der Waals surface area contributed by atoms with Crippen molar-refractivity contribution in [3.05, 3.63) is 113 Å². The minimum atomic E-state index is -2.24. The Morgan fingerprint density at radius 3 is 1.63 bits per heavy atom. The molecule has 0 atom stereocenters. The maximum Gasteiger partial charge on any atom is 0.160 e. The van der Waals surface area contributed by atoms with Crippen LogP contribution in [0.25, 0.3) is 22.5 Å². The van der Waals surface area contributed by atoms with Crippen molar-refractivity contribution in [3.8, 4) is 22.5 Å². The average Bonchev–Trinajstić information content (AvgIpc) is 4.11. The normalized spacial score (nSPS) is 11.1. The first-order chi connectivity index (χ1) is 29.9. The second kappa shape index (κ2) is 26.4. The molecule has 0 N–H and O–H groups in total. The number of hydrogen-bond donors (Lipinski definition) is 0. The van der Waals surface area contributed by atoms with E-state index in [1.165, 1.54) is 110 Å². The third-order valence-corrected chi connectivity index (χ3v) is 27.8. The molecule has 4 heterocycles. The maximum atomic E-state index is 13.4. The van der Waals surface area contributed by atoms with E-state index in [4.69, 9.17) is 4.74 Å². The molecule has 0 fully saturated rings. The number of hydrogen-bond acceptors (Lipinski definition) is 10. The van der Waals surface area contributed by atoms with E-state index in [1.807, 2.05) is 37.0 Å². The van der Waals surface area contributed by atoms with Gasteiger partial charge < -0.3 is 0 Å². The van der Waals surface area contributed by atoms with Gasteiger partial charge in [-0.3, -0.25) is 14.2 Å². The molecule has 6 rings (SSSR count). The molecule has 0 aliphatic carbocycles. The smallest absolute Gasteiger partial charge is 0.160 e. The number of rotatable bonds is 21. The number of halogens is 3. The molecule has 4 aromatic heterocycles. The van der Waals surface area contributed by atoms with Crippen molar-refractivity contribution >= 4 is 69.8 Å². The van der Waals surface area contributed by atoms with E-state index >= 15 is 0 Å². The van der Waals surface area contributed by atoms with Crippen molar-refractivity contribution in [1.82, 2.24) is 38.7 Å². The number of aromatic nitrogens is 8. The van der Waals surface area contributed by atoms with Crippen molar-refractivity contribution in [3.63, 3.8) is 0 Å². The number of benzene rings is 2. The minimum Gasteiger partial charge on any atom is -0.294 e. The first-order valence-electron chi connectivity index (χ1n) is 21.6. The van der Waals surface area contributed by atoms with E-state index in [0.29, 0.717) is 29.7 Å². The Morgan fingerprint density at radius 2 is 1.21 bits per heavy atom. The van der Waals surface area contributed by atoms with Gasteiger partial charge in [0, 0.05) is 69.3 Å². The molecule has 0 bridgehead atoms. The fourth-order valence-electron chi connectivity index (χ4n) is 7.11. The quantitative estimate of drug-likeness (QED) is 0.0303. The molecule has 0 saturated carbocycles. The third-order valence-electron chi connectivity index (χ3n) is 10.6. The van der Waals surface area contributed by atoms with Crippen LogP contribution in [0.3, 0.4) is 0 Å². The van der Waals surface area contributed by atoms with E-state index in [0.717, 1.165) is 57.0 Å². The van der Waals surface area contributed by atoms with Crippen molar-refractivity contribution in [1.29, 1.82) is 0 Å². The fraction of sp³-hybridized carbons (Fsp3) is 0.457. The Bertz CT molecular complexity index is 2290. The van der Waals surface area contributed by atoms with Crippen LogP contribution in [0.15, 0.2) is 69.9 Å². The minimum absolute atomic E-state index is 0.185. The molecule has 0 aliphatic rings. The Labute approximate surface area is 392 Å². The molecule has 16 heteroatoms. The van der Waals surface area contributed by atoms with E-state index in [2.05, 4.69) is 86.2 Å². The zero-order chi connectivity index (χ0) is 45.1. The van der Waals surface area contributed by atoms with Gasteiger partial charge in [0.15, 0.2) is 5.78 Å². The van der Waals surface area contributed by atoms with Crippen LogP contribution in [0, 0.1) is 15.2 Å². The van der Waals surface area contributed by atoms with Gasteiger partial charge in [-0.2, -0.15) is 8.75 Å². The van der Waals surface area contributed by atoms with Crippen LogP contribution in [0.5, 0.6) is 0 Å². The Morgan fingerprint density at radius 1 is 0.742 bits per heavy atom.